The lowest BCUT2D eigenvalue weighted by atomic mass is 10.0. The quantitative estimate of drug-likeness (QED) is 0.204. The smallest absolute Gasteiger partial charge is 0.118 e. The predicted octanol–water partition coefficient (Wildman–Crippen LogP) is 9.15. The highest BCUT2D eigenvalue weighted by Crippen LogP contribution is 2.21. The molecule has 0 saturated heterocycles. The molecule has 4 rings (SSSR count). The highest BCUT2D eigenvalue weighted by atomic mass is 16.5. The van der Waals surface area contributed by atoms with E-state index in [1.807, 2.05) is 36.4 Å². The van der Waals surface area contributed by atoms with Gasteiger partial charge in [0.2, 0.25) is 0 Å². The third-order valence-corrected chi connectivity index (χ3v) is 5.99. The van der Waals surface area contributed by atoms with E-state index >= 15 is 0 Å². The van der Waals surface area contributed by atoms with Crippen molar-refractivity contribution < 1.29 is 9.47 Å². The molecule has 0 heterocycles. The number of methoxy groups -OCH3 is 2. The van der Waals surface area contributed by atoms with Gasteiger partial charge in [0.1, 0.15) is 11.5 Å². The van der Waals surface area contributed by atoms with Crippen molar-refractivity contribution in [1.29, 1.82) is 0 Å². The second-order valence-corrected chi connectivity index (χ2v) is 8.61. The van der Waals surface area contributed by atoms with Crippen LogP contribution >= 0.6 is 0 Å². The highest BCUT2D eigenvalue weighted by Gasteiger charge is 1.99. The first-order valence-corrected chi connectivity index (χ1v) is 12.6. The van der Waals surface area contributed by atoms with Crippen LogP contribution in [0.4, 0.5) is 0 Å². The van der Waals surface area contributed by atoms with Gasteiger partial charge in [-0.2, -0.15) is 0 Å². The minimum absolute atomic E-state index is 0.842. The van der Waals surface area contributed by atoms with Gasteiger partial charge >= 0.3 is 0 Å². The first kappa shape index (κ1) is 26.2. The molecule has 0 spiro atoms. The predicted molar refractivity (Wildman–Crippen MR) is 162 cm³/mol. The van der Waals surface area contributed by atoms with Crippen LogP contribution in [0.15, 0.2) is 145 Å². The van der Waals surface area contributed by atoms with Crippen molar-refractivity contribution in [2.75, 3.05) is 14.2 Å². The molecular formula is C36H32O2. The Labute approximate surface area is 226 Å². The van der Waals surface area contributed by atoms with Crippen molar-refractivity contribution in [3.8, 4) is 11.5 Å². The van der Waals surface area contributed by atoms with Crippen LogP contribution in [0.5, 0.6) is 11.5 Å². The normalized spacial score (nSPS) is 11.5. The molecule has 0 radical (unpaired) electrons. The minimum atomic E-state index is 0.842. The van der Waals surface area contributed by atoms with Gasteiger partial charge in [0.25, 0.3) is 0 Å². The SMILES string of the molecule is COc1ccc(/C=C/C(/C=C/c2ccc(OC)cc2)=C(/C=C/c2ccccc2)/C=C/c2ccccc2)cc1. The number of hydrogen-bond donors (Lipinski definition) is 0. The summed E-state index contributed by atoms with van der Waals surface area (Å²) in [6.45, 7) is 0. The molecule has 0 amide bonds. The van der Waals surface area contributed by atoms with E-state index in [1.165, 1.54) is 0 Å². The molecular weight excluding hydrogens is 464 g/mol. The molecule has 2 heteroatoms. The first-order chi connectivity index (χ1) is 18.7. The second kappa shape index (κ2) is 14.1. The monoisotopic (exact) mass is 496 g/mol. The summed E-state index contributed by atoms with van der Waals surface area (Å²) in [5, 5.41) is 0. The molecule has 0 saturated carbocycles. The van der Waals surface area contributed by atoms with E-state index in [9.17, 15) is 0 Å². The Morgan fingerprint density at radius 1 is 0.395 bits per heavy atom. The molecule has 0 atom stereocenters. The Bertz CT molecular complexity index is 1310. The topological polar surface area (TPSA) is 18.5 Å². The van der Waals surface area contributed by atoms with Gasteiger partial charge in [-0.05, 0) is 57.7 Å². The average molecular weight is 497 g/mol. The van der Waals surface area contributed by atoms with Crippen molar-refractivity contribution in [1.82, 2.24) is 0 Å². The Balaban J connectivity index is 1.77. The molecule has 0 aromatic heterocycles. The fourth-order valence-corrected chi connectivity index (χ4v) is 3.80. The Morgan fingerprint density at radius 2 is 0.684 bits per heavy atom. The second-order valence-electron chi connectivity index (χ2n) is 8.61. The van der Waals surface area contributed by atoms with Crippen molar-refractivity contribution in [2.45, 2.75) is 0 Å². The van der Waals surface area contributed by atoms with E-state index in [0.29, 0.717) is 0 Å². The summed E-state index contributed by atoms with van der Waals surface area (Å²) in [6.07, 6.45) is 17.2. The van der Waals surface area contributed by atoms with E-state index in [4.69, 9.17) is 9.47 Å². The number of ether oxygens (including phenoxy) is 2. The standard InChI is InChI=1S/C36H32O2/c1-37-35-25-17-31(18-26-35)15-23-34(24-16-32-19-27-36(38-2)28-20-32)33(21-13-29-9-5-3-6-10-29)22-14-30-11-7-4-8-12-30/h3-28H,1-2H3/b21-13+,22-14+,23-15+,24-16+. The molecule has 0 unspecified atom stereocenters. The van der Waals surface area contributed by atoms with Crippen molar-refractivity contribution in [3.05, 3.63) is 167 Å². The summed E-state index contributed by atoms with van der Waals surface area (Å²) in [5.74, 6) is 1.68. The zero-order chi connectivity index (χ0) is 26.4. The number of rotatable bonds is 10. The molecule has 0 N–H and O–H groups in total. The summed E-state index contributed by atoms with van der Waals surface area (Å²) in [7, 11) is 3.36. The van der Waals surface area contributed by atoms with Crippen molar-refractivity contribution in [3.63, 3.8) is 0 Å². The first-order valence-electron chi connectivity index (χ1n) is 12.6. The van der Waals surface area contributed by atoms with Crippen molar-refractivity contribution in [2.24, 2.45) is 0 Å². The third-order valence-electron chi connectivity index (χ3n) is 5.99. The van der Waals surface area contributed by atoms with Gasteiger partial charge in [-0.15, -0.1) is 0 Å². The molecule has 0 aliphatic heterocycles. The lowest BCUT2D eigenvalue weighted by Gasteiger charge is -2.05. The van der Waals surface area contributed by atoms with Gasteiger partial charge < -0.3 is 9.47 Å². The zero-order valence-electron chi connectivity index (χ0n) is 21.8. The molecule has 2 nitrogen and oxygen atoms in total. The van der Waals surface area contributed by atoms with Crippen LogP contribution in [-0.2, 0) is 0 Å². The molecule has 0 fully saturated rings. The molecule has 188 valence electrons. The maximum Gasteiger partial charge on any atom is 0.118 e. The molecule has 0 aliphatic carbocycles. The van der Waals surface area contributed by atoms with Gasteiger partial charge in [0.15, 0.2) is 0 Å². The van der Waals surface area contributed by atoms with Crippen LogP contribution in [0.2, 0.25) is 0 Å². The molecule has 0 aliphatic rings. The largest absolute Gasteiger partial charge is 0.497 e. The minimum Gasteiger partial charge on any atom is -0.497 e. The van der Waals surface area contributed by atoms with Gasteiger partial charge in [-0.1, -0.05) is 134 Å². The summed E-state index contributed by atoms with van der Waals surface area (Å²) in [4.78, 5) is 0. The molecule has 4 aromatic carbocycles. The maximum absolute atomic E-state index is 5.31. The van der Waals surface area contributed by atoms with Gasteiger partial charge in [-0.25, -0.2) is 0 Å². The number of allylic oxidation sites excluding steroid dienone is 6. The summed E-state index contributed by atoms with van der Waals surface area (Å²) in [5.41, 5.74) is 6.66. The van der Waals surface area contributed by atoms with E-state index < -0.39 is 0 Å². The lowest BCUT2D eigenvalue weighted by Crippen LogP contribution is -1.85. The van der Waals surface area contributed by atoms with Crippen LogP contribution in [0.1, 0.15) is 22.3 Å². The van der Waals surface area contributed by atoms with E-state index in [-0.39, 0.29) is 0 Å². The van der Waals surface area contributed by atoms with E-state index in [1.54, 1.807) is 14.2 Å². The fourth-order valence-electron chi connectivity index (χ4n) is 3.80. The molecule has 38 heavy (non-hydrogen) atoms. The van der Waals surface area contributed by atoms with Crippen LogP contribution in [-0.4, -0.2) is 14.2 Å². The Morgan fingerprint density at radius 3 is 0.974 bits per heavy atom. The van der Waals surface area contributed by atoms with Crippen LogP contribution in [0.3, 0.4) is 0 Å². The van der Waals surface area contributed by atoms with Gasteiger partial charge in [-0.3, -0.25) is 0 Å². The van der Waals surface area contributed by atoms with Crippen LogP contribution in [0.25, 0.3) is 24.3 Å². The summed E-state index contributed by atoms with van der Waals surface area (Å²) >= 11 is 0. The van der Waals surface area contributed by atoms with Crippen molar-refractivity contribution >= 4 is 24.3 Å². The van der Waals surface area contributed by atoms with E-state index in [2.05, 4.69) is 121 Å². The Hall–Kier alpha value is -4.82. The summed E-state index contributed by atoms with van der Waals surface area (Å²) < 4.78 is 10.6. The number of benzene rings is 4. The number of hydrogen-bond acceptors (Lipinski definition) is 2. The fraction of sp³-hybridized carbons (Fsp3) is 0.0556. The molecule has 0 bridgehead atoms. The maximum atomic E-state index is 5.31. The van der Waals surface area contributed by atoms with E-state index in [0.717, 1.165) is 44.9 Å². The highest BCUT2D eigenvalue weighted by molar-refractivity contribution is 5.68. The molecule has 4 aromatic rings. The third kappa shape index (κ3) is 8.11. The van der Waals surface area contributed by atoms with Gasteiger partial charge in [0, 0.05) is 0 Å². The van der Waals surface area contributed by atoms with Crippen LogP contribution < -0.4 is 9.47 Å². The van der Waals surface area contributed by atoms with Crippen LogP contribution in [0, 0.1) is 0 Å². The lowest BCUT2D eigenvalue weighted by molar-refractivity contribution is 0.414. The van der Waals surface area contributed by atoms with Gasteiger partial charge in [0.05, 0.1) is 14.2 Å². The summed E-state index contributed by atoms with van der Waals surface area (Å²) in [6, 6.07) is 36.8. The average Bonchev–Trinajstić information content (AvgIpc) is 2.99. The zero-order valence-corrected chi connectivity index (χ0v) is 21.8. The Kier molecular flexibility index (Phi) is 9.71.